The highest BCUT2D eigenvalue weighted by Gasteiger charge is 2.21. The highest BCUT2D eigenvalue weighted by atomic mass is 16.5. The summed E-state index contributed by atoms with van der Waals surface area (Å²) in [5.74, 6) is 1.79. The molecular weight excluding hydrogens is 312 g/mol. The molecule has 3 aromatic rings. The zero-order valence-corrected chi connectivity index (χ0v) is 14.4. The summed E-state index contributed by atoms with van der Waals surface area (Å²) < 4.78 is 7.26. The molecule has 0 saturated carbocycles. The number of fused-ring (bicyclic) bond motifs is 1. The quantitative estimate of drug-likeness (QED) is 0.779. The lowest BCUT2D eigenvalue weighted by Gasteiger charge is -2.15. The summed E-state index contributed by atoms with van der Waals surface area (Å²) in [7, 11) is 1.69. The van der Waals surface area contributed by atoms with Crippen LogP contribution in [0.5, 0.6) is 5.75 Å². The second-order valence-electron chi connectivity index (χ2n) is 6.25. The van der Waals surface area contributed by atoms with Crippen LogP contribution in [-0.4, -0.2) is 28.4 Å². The van der Waals surface area contributed by atoms with Crippen LogP contribution in [0.3, 0.4) is 0 Å². The monoisotopic (exact) mass is 334 g/mol. The number of nitrogens with one attached hydrogen (secondary N) is 1. The Labute approximate surface area is 147 Å². The Balaban J connectivity index is 1.60. The molecule has 128 valence electrons. The molecule has 0 saturated heterocycles. The summed E-state index contributed by atoms with van der Waals surface area (Å²) in [6.45, 7) is 1.88. The maximum absolute atomic E-state index is 5.23. The molecule has 3 heterocycles. The first-order chi connectivity index (χ1) is 12.3. The van der Waals surface area contributed by atoms with Crippen LogP contribution in [0.4, 0.5) is 0 Å². The normalized spacial score (nSPS) is 13.5. The molecule has 0 bridgehead atoms. The number of nitrogens with zero attached hydrogens (tertiary/aromatic N) is 3. The van der Waals surface area contributed by atoms with E-state index in [-0.39, 0.29) is 0 Å². The predicted octanol–water partition coefficient (Wildman–Crippen LogP) is 2.71. The van der Waals surface area contributed by atoms with E-state index >= 15 is 0 Å². The molecule has 0 spiro atoms. The van der Waals surface area contributed by atoms with Gasteiger partial charge in [0.05, 0.1) is 18.5 Å². The van der Waals surface area contributed by atoms with Crippen LogP contribution in [-0.2, 0) is 25.8 Å². The summed E-state index contributed by atoms with van der Waals surface area (Å²) in [5, 5.41) is 8.37. The van der Waals surface area contributed by atoms with Crippen LogP contribution in [0.2, 0.25) is 0 Å². The van der Waals surface area contributed by atoms with Crippen LogP contribution in [0, 0.1) is 0 Å². The fraction of sp³-hybridized carbons (Fsp3) is 0.300. The Morgan fingerprint density at radius 2 is 2.00 bits per heavy atom. The average molecular weight is 334 g/mol. The van der Waals surface area contributed by atoms with Crippen LogP contribution in [0.15, 0.2) is 48.7 Å². The van der Waals surface area contributed by atoms with E-state index in [1.54, 1.807) is 7.11 Å². The van der Waals surface area contributed by atoms with E-state index in [1.807, 2.05) is 41.2 Å². The minimum Gasteiger partial charge on any atom is -0.497 e. The van der Waals surface area contributed by atoms with E-state index in [0.29, 0.717) is 0 Å². The second kappa shape index (κ2) is 7.07. The number of pyridine rings is 1. The third kappa shape index (κ3) is 3.28. The van der Waals surface area contributed by atoms with Gasteiger partial charge in [0.25, 0.3) is 0 Å². The SMILES string of the molecule is COc1ccc(CCc2nn(-c3ccccn3)c3c2CNCC3)cc1. The van der Waals surface area contributed by atoms with Crippen molar-refractivity contribution >= 4 is 0 Å². The molecule has 4 rings (SSSR count). The summed E-state index contributed by atoms with van der Waals surface area (Å²) in [6, 6.07) is 14.2. The predicted molar refractivity (Wildman–Crippen MR) is 97.2 cm³/mol. The molecule has 1 N–H and O–H groups in total. The first-order valence-corrected chi connectivity index (χ1v) is 8.70. The van der Waals surface area contributed by atoms with Crippen LogP contribution in [0.25, 0.3) is 5.82 Å². The lowest BCUT2D eigenvalue weighted by molar-refractivity contribution is 0.414. The molecule has 25 heavy (non-hydrogen) atoms. The summed E-state index contributed by atoms with van der Waals surface area (Å²) in [6.07, 6.45) is 4.70. The lowest BCUT2D eigenvalue weighted by Crippen LogP contribution is -2.25. The van der Waals surface area contributed by atoms with Gasteiger partial charge in [-0.15, -0.1) is 0 Å². The summed E-state index contributed by atoms with van der Waals surface area (Å²) >= 11 is 0. The molecule has 0 aliphatic carbocycles. The third-order valence-electron chi connectivity index (χ3n) is 4.69. The molecule has 1 aliphatic heterocycles. The van der Waals surface area contributed by atoms with E-state index in [2.05, 4.69) is 22.4 Å². The van der Waals surface area contributed by atoms with E-state index in [9.17, 15) is 0 Å². The number of hydrogen-bond donors (Lipinski definition) is 1. The largest absolute Gasteiger partial charge is 0.497 e. The first kappa shape index (κ1) is 15.8. The molecule has 5 heteroatoms. The van der Waals surface area contributed by atoms with Gasteiger partial charge in [-0.2, -0.15) is 5.10 Å². The zero-order valence-electron chi connectivity index (χ0n) is 14.4. The van der Waals surface area contributed by atoms with Crippen molar-refractivity contribution in [1.29, 1.82) is 0 Å². The average Bonchev–Trinajstić information content (AvgIpc) is 3.06. The van der Waals surface area contributed by atoms with Crippen molar-refractivity contribution in [2.24, 2.45) is 0 Å². The fourth-order valence-electron chi connectivity index (χ4n) is 3.34. The Hall–Kier alpha value is -2.66. The second-order valence-corrected chi connectivity index (χ2v) is 6.25. The van der Waals surface area contributed by atoms with Crippen LogP contribution < -0.4 is 10.1 Å². The van der Waals surface area contributed by atoms with Crippen LogP contribution in [0.1, 0.15) is 22.5 Å². The lowest BCUT2D eigenvalue weighted by atomic mass is 10.0. The van der Waals surface area contributed by atoms with Crippen molar-refractivity contribution in [3.8, 4) is 11.6 Å². The molecule has 0 unspecified atom stereocenters. The number of benzene rings is 1. The van der Waals surface area contributed by atoms with Gasteiger partial charge >= 0.3 is 0 Å². The molecule has 5 nitrogen and oxygen atoms in total. The number of aryl methyl sites for hydroxylation is 2. The van der Waals surface area contributed by atoms with E-state index < -0.39 is 0 Å². The molecule has 0 amide bonds. The van der Waals surface area contributed by atoms with Crippen molar-refractivity contribution in [3.63, 3.8) is 0 Å². The van der Waals surface area contributed by atoms with Gasteiger partial charge in [-0.25, -0.2) is 9.67 Å². The topological polar surface area (TPSA) is 52.0 Å². The first-order valence-electron chi connectivity index (χ1n) is 8.70. The molecule has 0 fully saturated rings. The van der Waals surface area contributed by atoms with Gasteiger partial charge in [0, 0.05) is 31.3 Å². The Bertz CT molecular complexity index is 840. The molecule has 2 aromatic heterocycles. The smallest absolute Gasteiger partial charge is 0.153 e. The number of methoxy groups -OCH3 is 1. The highest BCUT2D eigenvalue weighted by molar-refractivity contribution is 5.36. The van der Waals surface area contributed by atoms with Crippen LogP contribution >= 0.6 is 0 Å². The van der Waals surface area contributed by atoms with Gasteiger partial charge in [-0.3, -0.25) is 0 Å². The van der Waals surface area contributed by atoms with Crippen molar-refractivity contribution in [1.82, 2.24) is 20.1 Å². The molecule has 1 aliphatic rings. The standard InChI is InChI=1S/C20H22N4O/c1-25-16-8-5-15(6-9-16)7-10-18-17-14-21-13-11-19(17)24(23-18)20-4-2-3-12-22-20/h2-6,8-9,12,21H,7,10-11,13-14H2,1H3. The van der Waals surface area contributed by atoms with Crippen molar-refractivity contribution < 1.29 is 4.74 Å². The number of hydrogen-bond acceptors (Lipinski definition) is 4. The maximum Gasteiger partial charge on any atom is 0.153 e. The Morgan fingerprint density at radius 1 is 1.12 bits per heavy atom. The number of aromatic nitrogens is 3. The minimum absolute atomic E-state index is 0.889. The van der Waals surface area contributed by atoms with Crippen molar-refractivity contribution in [2.75, 3.05) is 13.7 Å². The fourth-order valence-corrected chi connectivity index (χ4v) is 3.34. The van der Waals surface area contributed by atoms with Gasteiger partial charge in [0.2, 0.25) is 0 Å². The van der Waals surface area contributed by atoms with E-state index in [0.717, 1.165) is 43.9 Å². The minimum atomic E-state index is 0.889. The maximum atomic E-state index is 5.23. The van der Waals surface area contributed by atoms with E-state index in [4.69, 9.17) is 9.84 Å². The molecule has 0 radical (unpaired) electrons. The van der Waals surface area contributed by atoms with Gasteiger partial charge in [0.15, 0.2) is 5.82 Å². The van der Waals surface area contributed by atoms with Crippen molar-refractivity contribution in [2.45, 2.75) is 25.8 Å². The number of rotatable bonds is 5. The zero-order chi connectivity index (χ0) is 17.1. The van der Waals surface area contributed by atoms with Gasteiger partial charge in [-0.05, 0) is 42.7 Å². The van der Waals surface area contributed by atoms with Gasteiger partial charge < -0.3 is 10.1 Å². The van der Waals surface area contributed by atoms with Gasteiger partial charge in [0.1, 0.15) is 5.75 Å². The molecular formula is C20H22N4O. The van der Waals surface area contributed by atoms with E-state index in [1.165, 1.54) is 22.5 Å². The summed E-state index contributed by atoms with van der Waals surface area (Å²) in [4.78, 5) is 4.47. The molecule has 1 aromatic carbocycles. The number of ether oxygens (including phenoxy) is 1. The Morgan fingerprint density at radius 3 is 2.76 bits per heavy atom. The van der Waals surface area contributed by atoms with Gasteiger partial charge in [-0.1, -0.05) is 18.2 Å². The summed E-state index contributed by atoms with van der Waals surface area (Å²) in [5.41, 5.74) is 5.10. The third-order valence-corrected chi connectivity index (χ3v) is 4.69. The Kier molecular flexibility index (Phi) is 4.48. The van der Waals surface area contributed by atoms with Crippen molar-refractivity contribution in [3.05, 3.63) is 71.2 Å². The molecule has 0 atom stereocenters. The highest BCUT2D eigenvalue weighted by Crippen LogP contribution is 2.23.